The molecule has 0 aliphatic carbocycles. The molecule has 5 nitrogen and oxygen atoms in total. The molecule has 0 spiro atoms. The summed E-state index contributed by atoms with van der Waals surface area (Å²) in [6, 6.07) is 10.7. The molecule has 0 amide bonds. The van der Waals surface area contributed by atoms with Crippen molar-refractivity contribution in [3.8, 4) is 17.1 Å². The number of alkyl halides is 3. The molecular weight excluding hydrogens is 394 g/mol. The number of ether oxygens (including phenoxy) is 2. The molecule has 0 radical (unpaired) electrons. The maximum atomic E-state index is 12.9. The van der Waals surface area contributed by atoms with Gasteiger partial charge < -0.3 is 13.9 Å². The third-order valence-electron chi connectivity index (χ3n) is 3.78. The first-order valence-corrected chi connectivity index (χ1v) is 8.49. The number of hydrogen-bond donors (Lipinski definition) is 0. The van der Waals surface area contributed by atoms with E-state index in [0.29, 0.717) is 22.8 Å². The lowest BCUT2D eigenvalue weighted by Gasteiger charge is -2.09. The smallest absolute Gasteiger partial charge is 0.461 e. The van der Waals surface area contributed by atoms with Crippen molar-refractivity contribution in [1.29, 1.82) is 0 Å². The first-order chi connectivity index (χ1) is 13.8. The molecule has 0 atom stereocenters. The predicted octanol–water partition coefficient (Wildman–Crippen LogP) is 5.06. The van der Waals surface area contributed by atoms with Crippen LogP contribution < -0.4 is 4.74 Å². The minimum atomic E-state index is -4.76. The van der Waals surface area contributed by atoms with E-state index >= 15 is 0 Å². The van der Waals surface area contributed by atoms with Crippen LogP contribution in [0.4, 0.5) is 17.6 Å². The van der Waals surface area contributed by atoms with Gasteiger partial charge in [0, 0.05) is 12.0 Å². The molecule has 0 fully saturated rings. The van der Waals surface area contributed by atoms with Gasteiger partial charge in [0.2, 0.25) is 0 Å². The number of hydrogen-bond acceptors (Lipinski definition) is 5. The van der Waals surface area contributed by atoms with Crippen molar-refractivity contribution in [3.63, 3.8) is 0 Å². The normalized spacial score (nSPS) is 11.3. The fourth-order valence-corrected chi connectivity index (χ4v) is 2.41. The minimum Gasteiger partial charge on any atom is -0.461 e. The Bertz CT molecular complexity index is 950. The van der Waals surface area contributed by atoms with Crippen LogP contribution in [-0.4, -0.2) is 17.3 Å². The highest BCUT2D eigenvalue weighted by atomic mass is 19.4. The fourth-order valence-electron chi connectivity index (χ4n) is 2.41. The van der Waals surface area contributed by atoms with Gasteiger partial charge in [-0.2, -0.15) is 0 Å². The molecular formula is C20H15F4NO4. The molecule has 9 heteroatoms. The summed E-state index contributed by atoms with van der Waals surface area (Å²) in [5.74, 6) is -0.446. The molecule has 1 heterocycles. The third kappa shape index (κ3) is 6.34. The van der Waals surface area contributed by atoms with E-state index in [-0.39, 0.29) is 31.0 Å². The van der Waals surface area contributed by atoms with Crippen molar-refractivity contribution in [3.05, 3.63) is 72.0 Å². The van der Waals surface area contributed by atoms with Crippen molar-refractivity contribution >= 4 is 5.97 Å². The summed E-state index contributed by atoms with van der Waals surface area (Å²) in [6.07, 6.45) is -3.06. The molecule has 0 saturated heterocycles. The molecule has 0 aliphatic heterocycles. The maximum absolute atomic E-state index is 12.9. The second kappa shape index (κ2) is 8.76. The Kier molecular flexibility index (Phi) is 6.16. The van der Waals surface area contributed by atoms with Crippen molar-refractivity contribution in [1.82, 2.24) is 4.98 Å². The summed E-state index contributed by atoms with van der Waals surface area (Å²) in [5.41, 5.74) is 1.17. The van der Waals surface area contributed by atoms with E-state index in [1.54, 1.807) is 12.1 Å². The van der Waals surface area contributed by atoms with Gasteiger partial charge in [-0.15, -0.1) is 13.2 Å². The van der Waals surface area contributed by atoms with E-state index in [2.05, 4.69) is 9.72 Å². The van der Waals surface area contributed by atoms with Gasteiger partial charge in [-0.05, 0) is 42.0 Å². The first-order valence-electron chi connectivity index (χ1n) is 8.49. The molecule has 0 N–H and O–H groups in total. The lowest BCUT2D eigenvalue weighted by Crippen LogP contribution is -2.17. The molecule has 0 aliphatic rings. The number of aromatic nitrogens is 1. The summed E-state index contributed by atoms with van der Waals surface area (Å²) in [6.45, 7) is -0.0858. The number of benzene rings is 2. The monoisotopic (exact) mass is 409 g/mol. The number of esters is 1. The van der Waals surface area contributed by atoms with Crippen LogP contribution in [-0.2, 0) is 22.6 Å². The van der Waals surface area contributed by atoms with E-state index in [1.807, 2.05) is 0 Å². The lowest BCUT2D eigenvalue weighted by atomic mass is 10.2. The Labute approximate surface area is 162 Å². The zero-order chi connectivity index (χ0) is 20.9. The summed E-state index contributed by atoms with van der Waals surface area (Å²) >= 11 is 0. The van der Waals surface area contributed by atoms with Crippen molar-refractivity contribution < 1.29 is 36.2 Å². The van der Waals surface area contributed by atoms with Gasteiger partial charge >= 0.3 is 12.3 Å². The molecule has 29 heavy (non-hydrogen) atoms. The van der Waals surface area contributed by atoms with Crippen molar-refractivity contribution in [2.75, 3.05) is 0 Å². The molecule has 3 rings (SSSR count). The highest BCUT2D eigenvalue weighted by molar-refractivity contribution is 5.69. The number of halogens is 4. The molecule has 0 unspecified atom stereocenters. The number of carbonyl (C=O) groups excluding carboxylic acids is 1. The standard InChI is InChI=1S/C20H15F4NO4/c21-15-5-3-14(4-6-15)17-11-25-18(28-17)9-10-19(26)27-12-13-1-7-16(8-2-13)29-20(22,23)24/h1-8,11H,9-10,12H2. The molecule has 152 valence electrons. The summed E-state index contributed by atoms with van der Waals surface area (Å²) < 4.78 is 63.7. The average molecular weight is 409 g/mol. The Morgan fingerprint density at radius 2 is 1.72 bits per heavy atom. The number of rotatable bonds is 7. The number of aryl methyl sites for hydroxylation is 1. The van der Waals surface area contributed by atoms with Gasteiger partial charge in [0.25, 0.3) is 0 Å². The van der Waals surface area contributed by atoms with Crippen LogP contribution in [0.5, 0.6) is 5.75 Å². The number of nitrogens with zero attached hydrogens (tertiary/aromatic N) is 1. The SMILES string of the molecule is O=C(CCc1ncc(-c2ccc(F)cc2)o1)OCc1ccc(OC(F)(F)F)cc1. The van der Waals surface area contributed by atoms with Crippen LogP contribution in [0.25, 0.3) is 11.3 Å². The second-order valence-electron chi connectivity index (χ2n) is 5.98. The van der Waals surface area contributed by atoms with Crippen LogP contribution >= 0.6 is 0 Å². The van der Waals surface area contributed by atoms with Crippen LogP contribution in [0.2, 0.25) is 0 Å². The zero-order valence-electron chi connectivity index (χ0n) is 14.9. The van der Waals surface area contributed by atoms with Crippen LogP contribution in [0, 0.1) is 5.82 Å². The van der Waals surface area contributed by atoms with E-state index < -0.39 is 12.3 Å². The quantitative estimate of drug-likeness (QED) is 0.403. The van der Waals surface area contributed by atoms with Crippen LogP contribution in [0.15, 0.2) is 59.1 Å². The fraction of sp³-hybridized carbons (Fsp3) is 0.200. The summed E-state index contributed by atoms with van der Waals surface area (Å²) in [7, 11) is 0. The van der Waals surface area contributed by atoms with Gasteiger partial charge in [-0.25, -0.2) is 9.37 Å². The van der Waals surface area contributed by atoms with Crippen molar-refractivity contribution in [2.24, 2.45) is 0 Å². The lowest BCUT2D eigenvalue weighted by molar-refractivity contribution is -0.274. The minimum absolute atomic E-state index is 0.0125. The zero-order valence-corrected chi connectivity index (χ0v) is 14.9. The van der Waals surface area contributed by atoms with Gasteiger partial charge in [0.05, 0.1) is 12.6 Å². The van der Waals surface area contributed by atoms with Gasteiger partial charge in [-0.1, -0.05) is 12.1 Å². The predicted molar refractivity (Wildman–Crippen MR) is 93.1 cm³/mol. The Hall–Kier alpha value is -3.36. The Morgan fingerprint density at radius 3 is 2.38 bits per heavy atom. The number of carbonyl (C=O) groups is 1. The Balaban J connectivity index is 1.45. The van der Waals surface area contributed by atoms with E-state index in [0.717, 1.165) is 12.1 Å². The van der Waals surface area contributed by atoms with Gasteiger partial charge in [0.15, 0.2) is 11.7 Å². The van der Waals surface area contributed by atoms with Gasteiger partial charge in [0.1, 0.15) is 18.2 Å². The molecule has 0 bridgehead atoms. The second-order valence-corrected chi connectivity index (χ2v) is 5.98. The van der Waals surface area contributed by atoms with E-state index in [4.69, 9.17) is 9.15 Å². The largest absolute Gasteiger partial charge is 0.573 e. The molecule has 1 aromatic heterocycles. The summed E-state index contributed by atoms with van der Waals surface area (Å²) in [5, 5.41) is 0. The number of oxazole rings is 1. The first kappa shape index (κ1) is 20.4. The van der Waals surface area contributed by atoms with Crippen molar-refractivity contribution in [2.45, 2.75) is 25.8 Å². The van der Waals surface area contributed by atoms with Crippen LogP contribution in [0.1, 0.15) is 17.9 Å². The maximum Gasteiger partial charge on any atom is 0.573 e. The van der Waals surface area contributed by atoms with E-state index in [1.165, 1.54) is 30.5 Å². The third-order valence-corrected chi connectivity index (χ3v) is 3.78. The average Bonchev–Trinajstić information content (AvgIpc) is 3.14. The topological polar surface area (TPSA) is 61.6 Å². The van der Waals surface area contributed by atoms with Gasteiger partial charge in [-0.3, -0.25) is 4.79 Å². The summed E-state index contributed by atoms with van der Waals surface area (Å²) in [4.78, 5) is 15.9. The molecule has 2 aromatic carbocycles. The highest BCUT2D eigenvalue weighted by Gasteiger charge is 2.30. The molecule has 0 saturated carbocycles. The molecule has 3 aromatic rings. The van der Waals surface area contributed by atoms with E-state index in [9.17, 15) is 22.4 Å². The van der Waals surface area contributed by atoms with Crippen LogP contribution in [0.3, 0.4) is 0 Å². The highest BCUT2D eigenvalue weighted by Crippen LogP contribution is 2.23. The Morgan fingerprint density at radius 1 is 1.03 bits per heavy atom.